The highest BCUT2D eigenvalue weighted by Crippen LogP contribution is 2.22. The van der Waals surface area contributed by atoms with Crippen LogP contribution in [-0.2, 0) is 0 Å². The van der Waals surface area contributed by atoms with Gasteiger partial charge in [0.2, 0.25) is 0 Å². The molecule has 0 aliphatic carbocycles. The minimum absolute atomic E-state index is 1.20. The summed E-state index contributed by atoms with van der Waals surface area (Å²) in [5.41, 5.74) is 0. The minimum Gasteiger partial charge on any atom is -0.343 e. The summed E-state index contributed by atoms with van der Waals surface area (Å²) in [7, 11) is 0. The lowest BCUT2D eigenvalue weighted by Crippen LogP contribution is -2.45. The second-order valence-corrected chi connectivity index (χ2v) is 3.31. The van der Waals surface area contributed by atoms with Crippen molar-refractivity contribution in [2.24, 2.45) is 0 Å². The van der Waals surface area contributed by atoms with Crippen LogP contribution in [0.1, 0.15) is 13.8 Å². The van der Waals surface area contributed by atoms with E-state index in [0.717, 1.165) is 0 Å². The zero-order chi connectivity index (χ0) is 7.00. The predicted octanol–water partition coefficient (Wildman–Crippen LogP) is -0.674. The monoisotopic (exact) mass is 138 g/mol. The second-order valence-electron chi connectivity index (χ2n) is 2.19. The number of hydrogen-bond donors (Lipinski definition) is 4. The maximum atomic E-state index is 8.39. The van der Waals surface area contributed by atoms with Crippen LogP contribution < -0.4 is 0 Å². The summed E-state index contributed by atoms with van der Waals surface area (Å²) in [4.78, 5) is 0. The molecule has 0 aromatic carbocycles. The fourth-order valence-corrected chi connectivity index (χ4v) is 0. The zero-order valence-corrected chi connectivity index (χ0v) is 5.68. The zero-order valence-electron chi connectivity index (χ0n) is 4.79. The highest BCUT2D eigenvalue weighted by molar-refractivity contribution is 7.81. The van der Waals surface area contributed by atoms with Gasteiger partial charge in [-0.1, -0.05) is 0 Å². The SMILES string of the molecule is CC(C)(S)C(O)(O)O. The molecule has 4 heteroatoms. The molecule has 0 unspecified atom stereocenters. The Morgan fingerprint density at radius 3 is 1.25 bits per heavy atom. The van der Waals surface area contributed by atoms with Crippen LogP contribution in [-0.4, -0.2) is 26.0 Å². The van der Waals surface area contributed by atoms with E-state index in [9.17, 15) is 0 Å². The fraction of sp³-hybridized carbons (Fsp3) is 1.00. The lowest BCUT2D eigenvalue weighted by atomic mass is 10.2. The molecule has 0 saturated heterocycles. The Labute approximate surface area is 53.4 Å². The first-order valence-corrected chi connectivity index (χ1v) is 2.59. The van der Waals surface area contributed by atoms with Crippen molar-refractivity contribution in [1.29, 1.82) is 0 Å². The van der Waals surface area contributed by atoms with Crippen LogP contribution in [0.4, 0.5) is 0 Å². The van der Waals surface area contributed by atoms with Crippen LogP contribution in [0.15, 0.2) is 0 Å². The maximum Gasteiger partial charge on any atom is 0.290 e. The Balaban J connectivity index is 4.02. The number of hydrogen-bond acceptors (Lipinski definition) is 4. The van der Waals surface area contributed by atoms with Gasteiger partial charge in [0.15, 0.2) is 0 Å². The predicted molar refractivity (Wildman–Crippen MR) is 32.5 cm³/mol. The lowest BCUT2D eigenvalue weighted by molar-refractivity contribution is -0.325. The molecule has 0 bridgehead atoms. The van der Waals surface area contributed by atoms with Crippen LogP contribution in [0.2, 0.25) is 0 Å². The molecule has 0 spiro atoms. The van der Waals surface area contributed by atoms with Crippen LogP contribution >= 0.6 is 12.6 Å². The van der Waals surface area contributed by atoms with E-state index in [4.69, 9.17) is 15.3 Å². The van der Waals surface area contributed by atoms with E-state index in [2.05, 4.69) is 12.6 Å². The van der Waals surface area contributed by atoms with Gasteiger partial charge in [-0.25, -0.2) is 0 Å². The normalized spacial score (nSPS) is 14.2. The Morgan fingerprint density at radius 1 is 1.12 bits per heavy atom. The summed E-state index contributed by atoms with van der Waals surface area (Å²) in [5.74, 6) is -2.70. The maximum absolute atomic E-state index is 8.39. The Morgan fingerprint density at radius 2 is 1.25 bits per heavy atom. The quantitative estimate of drug-likeness (QED) is 0.287. The number of thiol groups is 1. The van der Waals surface area contributed by atoms with Gasteiger partial charge in [-0.05, 0) is 13.8 Å². The Kier molecular flexibility index (Phi) is 1.93. The smallest absolute Gasteiger partial charge is 0.290 e. The molecule has 50 valence electrons. The first-order valence-electron chi connectivity index (χ1n) is 2.14. The van der Waals surface area contributed by atoms with E-state index in [0.29, 0.717) is 0 Å². The van der Waals surface area contributed by atoms with Crippen molar-refractivity contribution >= 4 is 12.6 Å². The van der Waals surface area contributed by atoms with Crippen LogP contribution in [0.5, 0.6) is 0 Å². The number of aliphatic hydroxyl groups is 3. The third kappa shape index (κ3) is 2.00. The third-order valence-electron chi connectivity index (χ3n) is 0.821. The van der Waals surface area contributed by atoms with Crippen molar-refractivity contribution in [2.45, 2.75) is 24.6 Å². The molecule has 0 aliphatic rings. The number of rotatable bonds is 1. The molecule has 0 aliphatic heterocycles. The summed E-state index contributed by atoms with van der Waals surface area (Å²) in [6.45, 7) is 2.77. The molecule has 0 fully saturated rings. The van der Waals surface area contributed by atoms with E-state index in [1.807, 2.05) is 0 Å². The van der Waals surface area contributed by atoms with Gasteiger partial charge >= 0.3 is 0 Å². The molecule has 8 heavy (non-hydrogen) atoms. The largest absolute Gasteiger partial charge is 0.343 e. The van der Waals surface area contributed by atoms with Gasteiger partial charge < -0.3 is 15.3 Å². The lowest BCUT2D eigenvalue weighted by Gasteiger charge is -2.27. The molecule has 0 aromatic heterocycles. The average Bonchev–Trinajstić information content (AvgIpc) is 1.25. The Bertz CT molecular complexity index is 66.3. The van der Waals surface area contributed by atoms with Crippen molar-refractivity contribution in [3.8, 4) is 0 Å². The van der Waals surface area contributed by atoms with Crippen molar-refractivity contribution in [2.75, 3.05) is 0 Å². The van der Waals surface area contributed by atoms with Crippen LogP contribution in [0, 0.1) is 0 Å². The molecular formula is C4H10O3S. The molecule has 0 saturated carbocycles. The first-order chi connectivity index (χ1) is 3.25. The first kappa shape index (κ1) is 8.23. The summed E-state index contributed by atoms with van der Waals surface area (Å²) < 4.78 is -1.20. The molecule has 0 heterocycles. The summed E-state index contributed by atoms with van der Waals surface area (Å²) in [6.07, 6.45) is 0. The molecular weight excluding hydrogens is 128 g/mol. The molecule has 0 aromatic rings. The van der Waals surface area contributed by atoms with E-state index < -0.39 is 10.7 Å². The van der Waals surface area contributed by atoms with Crippen LogP contribution in [0.25, 0.3) is 0 Å². The van der Waals surface area contributed by atoms with Gasteiger partial charge in [0, 0.05) is 0 Å². The molecule has 3 N–H and O–H groups in total. The van der Waals surface area contributed by atoms with Crippen LogP contribution in [0.3, 0.4) is 0 Å². The molecule has 0 radical (unpaired) electrons. The average molecular weight is 138 g/mol. The standard InChI is InChI=1S/C4H10O3S/c1-3(2,8)4(5,6)7/h5-8H,1-2H3. The fourth-order valence-electron chi connectivity index (χ4n) is 0. The Hall–Kier alpha value is 0.230. The van der Waals surface area contributed by atoms with Crippen molar-refractivity contribution in [1.82, 2.24) is 0 Å². The van der Waals surface area contributed by atoms with Gasteiger partial charge in [-0.3, -0.25) is 0 Å². The van der Waals surface area contributed by atoms with Crippen molar-refractivity contribution < 1.29 is 15.3 Å². The van der Waals surface area contributed by atoms with E-state index in [-0.39, 0.29) is 0 Å². The molecule has 0 atom stereocenters. The van der Waals surface area contributed by atoms with E-state index >= 15 is 0 Å². The van der Waals surface area contributed by atoms with Gasteiger partial charge in [0.05, 0.1) is 4.75 Å². The molecule has 0 rings (SSSR count). The van der Waals surface area contributed by atoms with E-state index in [1.54, 1.807) is 0 Å². The molecule has 0 amide bonds. The highest BCUT2D eigenvalue weighted by Gasteiger charge is 2.36. The van der Waals surface area contributed by atoms with Crippen molar-refractivity contribution in [3.05, 3.63) is 0 Å². The summed E-state index contributed by atoms with van der Waals surface area (Å²) in [5, 5.41) is 25.2. The highest BCUT2D eigenvalue weighted by atomic mass is 32.1. The van der Waals surface area contributed by atoms with Gasteiger partial charge in [-0.15, -0.1) is 0 Å². The van der Waals surface area contributed by atoms with Gasteiger partial charge in [0.1, 0.15) is 0 Å². The third-order valence-corrected chi connectivity index (χ3v) is 1.12. The minimum atomic E-state index is -2.70. The van der Waals surface area contributed by atoms with E-state index in [1.165, 1.54) is 13.8 Å². The topological polar surface area (TPSA) is 60.7 Å². The summed E-state index contributed by atoms with van der Waals surface area (Å²) >= 11 is 3.69. The van der Waals surface area contributed by atoms with Gasteiger partial charge in [-0.2, -0.15) is 12.6 Å². The molecule has 3 nitrogen and oxygen atoms in total. The second kappa shape index (κ2) is 1.88. The van der Waals surface area contributed by atoms with Gasteiger partial charge in [0.25, 0.3) is 5.97 Å². The van der Waals surface area contributed by atoms with Crippen molar-refractivity contribution in [3.63, 3.8) is 0 Å². The summed E-state index contributed by atoms with van der Waals surface area (Å²) in [6, 6.07) is 0.